The number of aryl methyl sites for hydroxylation is 1. The topological polar surface area (TPSA) is 83.0 Å². The Hall–Kier alpha value is -1.89. The van der Waals surface area contributed by atoms with E-state index < -0.39 is 10.8 Å². The van der Waals surface area contributed by atoms with Gasteiger partial charge < -0.3 is 10.5 Å². The predicted molar refractivity (Wildman–Crippen MR) is 68.5 cm³/mol. The van der Waals surface area contributed by atoms with Crippen molar-refractivity contribution in [3.8, 4) is 5.75 Å². The summed E-state index contributed by atoms with van der Waals surface area (Å²) in [4.78, 5) is 0.556. The normalized spacial score (nSPS) is 12.3. The van der Waals surface area contributed by atoms with Gasteiger partial charge in [0.2, 0.25) is 0 Å². The van der Waals surface area contributed by atoms with Gasteiger partial charge in [-0.3, -0.25) is 8.89 Å². The molecule has 1 atom stereocenters. The Morgan fingerprint density at radius 2 is 2.28 bits per heavy atom. The zero-order valence-electron chi connectivity index (χ0n) is 10.2. The molecule has 96 valence electrons. The predicted octanol–water partition coefficient (Wildman–Crippen LogP) is 0.714. The standard InChI is InChI=1S/C11H14N4O2S/c1-15-6-8(13-14-15)7-18(16)11-5-9(17-2)3-4-10(11)12/h3-6H,7,12H2,1-2H3. The molecule has 0 saturated heterocycles. The summed E-state index contributed by atoms with van der Waals surface area (Å²) >= 11 is 0. The quantitative estimate of drug-likeness (QED) is 0.824. The third-order valence-corrected chi connectivity index (χ3v) is 3.80. The summed E-state index contributed by atoms with van der Waals surface area (Å²) in [7, 11) is 2.05. The van der Waals surface area contributed by atoms with E-state index in [1.54, 1.807) is 43.2 Å². The van der Waals surface area contributed by atoms with Gasteiger partial charge in [-0.2, -0.15) is 0 Å². The second kappa shape index (κ2) is 5.18. The van der Waals surface area contributed by atoms with Gasteiger partial charge in [0.1, 0.15) is 5.75 Å². The molecule has 2 N–H and O–H groups in total. The van der Waals surface area contributed by atoms with Gasteiger partial charge in [0.25, 0.3) is 0 Å². The summed E-state index contributed by atoms with van der Waals surface area (Å²) < 4.78 is 18.9. The van der Waals surface area contributed by atoms with E-state index >= 15 is 0 Å². The Morgan fingerprint density at radius 3 is 2.89 bits per heavy atom. The fourth-order valence-corrected chi connectivity index (χ4v) is 2.65. The number of anilines is 1. The number of ether oxygens (including phenoxy) is 1. The van der Waals surface area contributed by atoms with Crippen molar-refractivity contribution in [2.24, 2.45) is 7.05 Å². The van der Waals surface area contributed by atoms with E-state index in [0.29, 0.717) is 22.0 Å². The van der Waals surface area contributed by atoms with Gasteiger partial charge in [-0.15, -0.1) is 5.10 Å². The molecule has 2 rings (SSSR count). The smallest absolute Gasteiger partial charge is 0.120 e. The van der Waals surface area contributed by atoms with Gasteiger partial charge >= 0.3 is 0 Å². The molecule has 1 aromatic heterocycles. The zero-order chi connectivity index (χ0) is 13.1. The number of benzene rings is 1. The molecule has 0 aliphatic heterocycles. The summed E-state index contributed by atoms with van der Waals surface area (Å²) in [5.74, 6) is 0.914. The van der Waals surface area contributed by atoms with E-state index in [2.05, 4.69) is 10.3 Å². The number of hydrogen-bond donors (Lipinski definition) is 1. The number of aromatic nitrogens is 3. The van der Waals surface area contributed by atoms with Crippen molar-refractivity contribution in [2.75, 3.05) is 12.8 Å². The van der Waals surface area contributed by atoms with E-state index in [-0.39, 0.29) is 5.75 Å². The monoisotopic (exact) mass is 266 g/mol. The SMILES string of the molecule is COc1ccc(N)c(S(=O)Cc2cn(C)nn2)c1. The lowest BCUT2D eigenvalue weighted by atomic mass is 10.3. The van der Waals surface area contributed by atoms with Crippen molar-refractivity contribution in [1.29, 1.82) is 0 Å². The molecule has 0 aliphatic carbocycles. The maximum Gasteiger partial charge on any atom is 0.120 e. The van der Waals surface area contributed by atoms with Crippen molar-refractivity contribution in [3.05, 3.63) is 30.1 Å². The maximum atomic E-state index is 12.2. The molecule has 0 saturated carbocycles. The first kappa shape index (κ1) is 12.6. The Bertz CT molecular complexity index is 582. The molecule has 1 unspecified atom stereocenters. The minimum Gasteiger partial charge on any atom is -0.497 e. The first-order valence-electron chi connectivity index (χ1n) is 5.27. The lowest BCUT2D eigenvalue weighted by Gasteiger charge is -2.07. The molecule has 2 aromatic rings. The van der Waals surface area contributed by atoms with Crippen molar-refractivity contribution in [2.45, 2.75) is 10.6 Å². The molecule has 7 heteroatoms. The highest BCUT2D eigenvalue weighted by Gasteiger charge is 2.12. The average molecular weight is 266 g/mol. The molecule has 1 heterocycles. The van der Waals surface area contributed by atoms with E-state index in [4.69, 9.17) is 10.5 Å². The first-order chi connectivity index (χ1) is 8.60. The van der Waals surface area contributed by atoms with Crippen molar-refractivity contribution in [3.63, 3.8) is 0 Å². The highest BCUT2D eigenvalue weighted by atomic mass is 32.2. The molecule has 0 spiro atoms. The average Bonchev–Trinajstić information content (AvgIpc) is 2.75. The highest BCUT2D eigenvalue weighted by Crippen LogP contribution is 2.24. The van der Waals surface area contributed by atoms with Gasteiger partial charge in [0.15, 0.2) is 0 Å². The van der Waals surface area contributed by atoms with Gasteiger partial charge in [-0.1, -0.05) is 5.21 Å². The van der Waals surface area contributed by atoms with Crippen LogP contribution in [0.15, 0.2) is 29.3 Å². The van der Waals surface area contributed by atoms with Gasteiger partial charge in [-0.25, -0.2) is 0 Å². The lowest BCUT2D eigenvalue weighted by molar-refractivity contribution is 0.413. The van der Waals surface area contributed by atoms with Crippen molar-refractivity contribution >= 4 is 16.5 Å². The number of nitrogen functional groups attached to an aromatic ring is 1. The Morgan fingerprint density at radius 1 is 1.50 bits per heavy atom. The van der Waals surface area contributed by atoms with Crippen molar-refractivity contribution in [1.82, 2.24) is 15.0 Å². The summed E-state index contributed by atoms with van der Waals surface area (Å²) in [6, 6.07) is 5.10. The zero-order valence-corrected chi connectivity index (χ0v) is 11.0. The summed E-state index contributed by atoms with van der Waals surface area (Å²) in [6.45, 7) is 0. The van der Waals surface area contributed by atoms with Crippen LogP contribution in [0.4, 0.5) is 5.69 Å². The van der Waals surface area contributed by atoms with E-state index in [0.717, 1.165) is 0 Å². The van der Waals surface area contributed by atoms with Crippen LogP contribution >= 0.6 is 0 Å². The minimum atomic E-state index is -1.27. The molecular weight excluding hydrogens is 252 g/mol. The van der Waals surface area contributed by atoms with Crippen LogP contribution < -0.4 is 10.5 Å². The van der Waals surface area contributed by atoms with Crippen LogP contribution in [0.1, 0.15) is 5.69 Å². The Balaban J connectivity index is 2.23. The Labute approximate surface area is 107 Å². The number of rotatable bonds is 4. The van der Waals surface area contributed by atoms with Crippen LogP contribution in [0.25, 0.3) is 0 Å². The lowest BCUT2D eigenvalue weighted by Crippen LogP contribution is -2.02. The van der Waals surface area contributed by atoms with Crippen LogP contribution in [0.3, 0.4) is 0 Å². The molecule has 0 aliphatic rings. The number of methoxy groups -OCH3 is 1. The molecule has 0 bridgehead atoms. The van der Waals surface area contributed by atoms with Gasteiger partial charge in [-0.05, 0) is 18.2 Å². The molecule has 6 nitrogen and oxygen atoms in total. The third kappa shape index (κ3) is 2.67. The number of nitrogens with zero attached hydrogens (tertiary/aromatic N) is 3. The van der Waals surface area contributed by atoms with E-state index in [1.807, 2.05) is 0 Å². The summed E-state index contributed by atoms with van der Waals surface area (Å²) in [5, 5.41) is 7.70. The second-order valence-electron chi connectivity index (χ2n) is 3.78. The molecular formula is C11H14N4O2S. The number of nitrogens with two attached hydrogens (primary N) is 1. The fraction of sp³-hybridized carbons (Fsp3) is 0.273. The molecule has 0 radical (unpaired) electrons. The van der Waals surface area contributed by atoms with E-state index in [9.17, 15) is 4.21 Å². The van der Waals surface area contributed by atoms with Gasteiger partial charge in [0.05, 0.1) is 34.3 Å². The maximum absolute atomic E-state index is 12.2. The van der Waals surface area contributed by atoms with Crippen LogP contribution in [-0.4, -0.2) is 26.3 Å². The van der Waals surface area contributed by atoms with Crippen LogP contribution in [0, 0.1) is 0 Å². The molecule has 18 heavy (non-hydrogen) atoms. The van der Waals surface area contributed by atoms with Gasteiger partial charge in [0, 0.05) is 18.9 Å². The Kier molecular flexibility index (Phi) is 3.61. The molecule has 0 amide bonds. The fourth-order valence-electron chi connectivity index (χ4n) is 1.51. The highest BCUT2D eigenvalue weighted by molar-refractivity contribution is 7.84. The summed E-state index contributed by atoms with van der Waals surface area (Å²) in [5.41, 5.74) is 6.96. The van der Waals surface area contributed by atoms with E-state index in [1.165, 1.54) is 0 Å². The first-order valence-corrected chi connectivity index (χ1v) is 6.59. The minimum absolute atomic E-state index is 0.283. The number of hydrogen-bond acceptors (Lipinski definition) is 5. The molecule has 0 fully saturated rings. The van der Waals surface area contributed by atoms with Crippen LogP contribution in [-0.2, 0) is 23.6 Å². The third-order valence-electron chi connectivity index (χ3n) is 2.40. The second-order valence-corrected chi connectivity index (χ2v) is 5.20. The largest absolute Gasteiger partial charge is 0.497 e. The van der Waals surface area contributed by atoms with Crippen molar-refractivity contribution < 1.29 is 8.95 Å². The van der Waals surface area contributed by atoms with Crippen LogP contribution in [0.2, 0.25) is 0 Å². The molecule has 1 aromatic carbocycles. The van der Waals surface area contributed by atoms with Crippen LogP contribution in [0.5, 0.6) is 5.75 Å². The summed E-state index contributed by atoms with van der Waals surface area (Å²) in [6.07, 6.45) is 1.73.